The summed E-state index contributed by atoms with van der Waals surface area (Å²) in [6.07, 6.45) is 6.93. The molecule has 148 valence electrons. The molecule has 2 aliphatic rings. The Hall–Kier alpha value is -2.31. The molecule has 0 spiro atoms. The Balaban J connectivity index is 1.54. The number of hydrogen-bond donors (Lipinski definition) is 1. The number of amides is 3. The molecule has 2 heterocycles. The van der Waals surface area contributed by atoms with E-state index in [1.54, 1.807) is 35.8 Å². The third-order valence-corrected chi connectivity index (χ3v) is 5.63. The van der Waals surface area contributed by atoms with Gasteiger partial charge in [-0.2, -0.15) is 0 Å². The van der Waals surface area contributed by atoms with Gasteiger partial charge in [-0.1, -0.05) is 19.3 Å². The van der Waals surface area contributed by atoms with Crippen molar-refractivity contribution in [2.75, 3.05) is 26.2 Å². The first-order valence-electron chi connectivity index (χ1n) is 9.82. The van der Waals surface area contributed by atoms with Crippen molar-refractivity contribution in [3.63, 3.8) is 0 Å². The van der Waals surface area contributed by atoms with Crippen LogP contribution in [0.15, 0.2) is 22.8 Å². The van der Waals surface area contributed by atoms with Crippen molar-refractivity contribution in [1.29, 1.82) is 0 Å². The SMILES string of the molecule is CC(C)(C(=O)NC1CCCCC1)C(=O)N1CCN(C(=O)c2ccco2)CC1. The summed E-state index contributed by atoms with van der Waals surface area (Å²) < 4.78 is 5.16. The highest BCUT2D eigenvalue weighted by Crippen LogP contribution is 2.24. The van der Waals surface area contributed by atoms with Gasteiger partial charge in [-0.3, -0.25) is 14.4 Å². The summed E-state index contributed by atoms with van der Waals surface area (Å²) in [5, 5.41) is 3.06. The minimum absolute atomic E-state index is 0.165. The van der Waals surface area contributed by atoms with Crippen LogP contribution in [0.2, 0.25) is 0 Å². The zero-order chi connectivity index (χ0) is 19.4. The van der Waals surface area contributed by atoms with Crippen molar-refractivity contribution in [1.82, 2.24) is 15.1 Å². The van der Waals surface area contributed by atoms with Gasteiger partial charge in [0.15, 0.2) is 5.76 Å². The van der Waals surface area contributed by atoms with Gasteiger partial charge in [0.25, 0.3) is 5.91 Å². The molecule has 7 nitrogen and oxygen atoms in total. The molecule has 3 rings (SSSR count). The van der Waals surface area contributed by atoms with Crippen LogP contribution in [0.25, 0.3) is 0 Å². The highest BCUT2D eigenvalue weighted by atomic mass is 16.3. The molecule has 1 N–H and O–H groups in total. The van der Waals surface area contributed by atoms with E-state index in [1.165, 1.54) is 12.7 Å². The summed E-state index contributed by atoms with van der Waals surface area (Å²) >= 11 is 0. The fourth-order valence-electron chi connectivity index (χ4n) is 3.77. The zero-order valence-electron chi connectivity index (χ0n) is 16.2. The normalized spacial score (nSPS) is 19.0. The molecule has 3 amide bonds. The minimum atomic E-state index is -1.11. The first kappa shape index (κ1) is 19.5. The van der Waals surface area contributed by atoms with E-state index in [-0.39, 0.29) is 23.8 Å². The van der Waals surface area contributed by atoms with E-state index >= 15 is 0 Å². The largest absolute Gasteiger partial charge is 0.459 e. The summed E-state index contributed by atoms with van der Waals surface area (Å²) in [6, 6.07) is 3.50. The number of furan rings is 1. The lowest BCUT2D eigenvalue weighted by Gasteiger charge is -2.38. The van der Waals surface area contributed by atoms with E-state index in [1.807, 2.05) is 0 Å². The van der Waals surface area contributed by atoms with Gasteiger partial charge in [0, 0.05) is 32.2 Å². The number of nitrogens with one attached hydrogen (secondary N) is 1. The van der Waals surface area contributed by atoms with Gasteiger partial charge in [-0.05, 0) is 38.8 Å². The lowest BCUT2D eigenvalue weighted by Crippen LogP contribution is -2.57. The summed E-state index contributed by atoms with van der Waals surface area (Å²) in [5.41, 5.74) is -1.11. The number of piperazine rings is 1. The summed E-state index contributed by atoms with van der Waals surface area (Å²) in [5.74, 6) is -0.238. The maximum absolute atomic E-state index is 13.0. The molecular formula is C20H29N3O4. The van der Waals surface area contributed by atoms with Gasteiger partial charge in [-0.15, -0.1) is 0 Å². The van der Waals surface area contributed by atoms with Crippen molar-refractivity contribution in [2.24, 2.45) is 5.41 Å². The summed E-state index contributed by atoms with van der Waals surface area (Å²) in [6.45, 7) is 5.09. The Morgan fingerprint density at radius 1 is 1.04 bits per heavy atom. The van der Waals surface area contributed by atoms with E-state index in [0.717, 1.165) is 25.7 Å². The van der Waals surface area contributed by atoms with Crippen molar-refractivity contribution >= 4 is 17.7 Å². The van der Waals surface area contributed by atoms with E-state index in [2.05, 4.69) is 5.32 Å². The van der Waals surface area contributed by atoms with Gasteiger partial charge >= 0.3 is 0 Å². The number of hydrogen-bond acceptors (Lipinski definition) is 4. The quantitative estimate of drug-likeness (QED) is 0.817. The molecule has 1 aromatic rings. The fraction of sp³-hybridized carbons (Fsp3) is 0.650. The number of rotatable bonds is 4. The Bertz CT molecular complexity index is 669. The van der Waals surface area contributed by atoms with Gasteiger partial charge in [0.2, 0.25) is 11.8 Å². The smallest absolute Gasteiger partial charge is 0.289 e. The van der Waals surface area contributed by atoms with Crippen LogP contribution in [0.3, 0.4) is 0 Å². The van der Waals surface area contributed by atoms with Crippen LogP contribution in [0.4, 0.5) is 0 Å². The first-order chi connectivity index (χ1) is 12.9. The Kier molecular flexibility index (Phi) is 5.87. The lowest BCUT2D eigenvalue weighted by atomic mass is 9.88. The van der Waals surface area contributed by atoms with Gasteiger partial charge < -0.3 is 19.5 Å². The monoisotopic (exact) mass is 375 g/mol. The number of carbonyl (C=O) groups excluding carboxylic acids is 3. The Labute approximate surface area is 160 Å². The van der Waals surface area contributed by atoms with E-state index < -0.39 is 5.41 Å². The van der Waals surface area contributed by atoms with E-state index in [4.69, 9.17) is 4.42 Å². The van der Waals surface area contributed by atoms with Gasteiger partial charge in [0.1, 0.15) is 5.41 Å². The van der Waals surface area contributed by atoms with Gasteiger partial charge in [0.05, 0.1) is 6.26 Å². The molecule has 0 atom stereocenters. The van der Waals surface area contributed by atoms with Crippen molar-refractivity contribution in [3.05, 3.63) is 24.2 Å². The minimum Gasteiger partial charge on any atom is -0.459 e. The third kappa shape index (κ3) is 4.34. The molecular weight excluding hydrogens is 346 g/mol. The van der Waals surface area contributed by atoms with E-state index in [9.17, 15) is 14.4 Å². The molecule has 0 bridgehead atoms. The highest BCUT2D eigenvalue weighted by Gasteiger charge is 2.41. The maximum atomic E-state index is 13.0. The molecule has 7 heteroatoms. The van der Waals surface area contributed by atoms with Crippen LogP contribution >= 0.6 is 0 Å². The Morgan fingerprint density at radius 2 is 1.67 bits per heavy atom. The fourth-order valence-corrected chi connectivity index (χ4v) is 3.77. The second-order valence-corrected chi connectivity index (χ2v) is 8.00. The molecule has 0 unspecified atom stereocenters. The summed E-state index contributed by atoms with van der Waals surface area (Å²) in [7, 11) is 0. The molecule has 1 aromatic heterocycles. The van der Waals surface area contributed by atoms with Crippen molar-refractivity contribution < 1.29 is 18.8 Å². The molecule has 27 heavy (non-hydrogen) atoms. The third-order valence-electron chi connectivity index (χ3n) is 5.63. The molecule has 0 radical (unpaired) electrons. The lowest BCUT2D eigenvalue weighted by molar-refractivity contribution is -0.150. The predicted molar refractivity (Wildman–Crippen MR) is 100.0 cm³/mol. The van der Waals surface area contributed by atoms with Gasteiger partial charge in [-0.25, -0.2) is 0 Å². The topological polar surface area (TPSA) is 82.9 Å². The molecule has 1 saturated carbocycles. The molecule has 1 aliphatic carbocycles. The van der Waals surface area contributed by atoms with Crippen LogP contribution in [-0.2, 0) is 9.59 Å². The second kappa shape index (κ2) is 8.15. The number of carbonyl (C=O) groups is 3. The molecule has 2 fully saturated rings. The average molecular weight is 375 g/mol. The maximum Gasteiger partial charge on any atom is 0.289 e. The number of nitrogens with zero attached hydrogens (tertiary/aromatic N) is 2. The zero-order valence-corrected chi connectivity index (χ0v) is 16.2. The average Bonchev–Trinajstić information content (AvgIpc) is 3.22. The summed E-state index contributed by atoms with van der Waals surface area (Å²) in [4.78, 5) is 41.4. The molecule has 1 aliphatic heterocycles. The highest BCUT2D eigenvalue weighted by molar-refractivity contribution is 6.04. The Morgan fingerprint density at radius 3 is 2.26 bits per heavy atom. The van der Waals surface area contributed by atoms with E-state index in [0.29, 0.717) is 31.9 Å². The van der Waals surface area contributed by atoms with Crippen LogP contribution in [0, 0.1) is 5.41 Å². The van der Waals surface area contributed by atoms with Crippen LogP contribution in [0.5, 0.6) is 0 Å². The van der Waals surface area contributed by atoms with Crippen molar-refractivity contribution in [3.8, 4) is 0 Å². The van der Waals surface area contributed by atoms with Crippen molar-refractivity contribution in [2.45, 2.75) is 52.0 Å². The van der Waals surface area contributed by atoms with Crippen LogP contribution in [0.1, 0.15) is 56.5 Å². The van der Waals surface area contributed by atoms with Crippen LogP contribution < -0.4 is 5.32 Å². The second-order valence-electron chi connectivity index (χ2n) is 8.00. The first-order valence-corrected chi connectivity index (χ1v) is 9.82. The molecule has 1 saturated heterocycles. The molecule has 0 aromatic carbocycles. The predicted octanol–water partition coefficient (Wildman–Crippen LogP) is 2.04. The standard InChI is InChI=1S/C20H29N3O4/c1-20(2,18(25)21-15-7-4-3-5-8-15)19(26)23-12-10-22(11-13-23)17(24)16-9-6-14-27-16/h6,9,14-15H,3-5,7-8,10-13H2,1-2H3,(H,21,25). The van der Waals surface area contributed by atoms with Crippen LogP contribution in [-0.4, -0.2) is 59.7 Å².